The maximum Gasteiger partial charge on any atom is 0.184 e. The first-order valence-corrected chi connectivity index (χ1v) is 7.78. The Morgan fingerprint density at radius 2 is 2.09 bits per heavy atom. The summed E-state index contributed by atoms with van der Waals surface area (Å²) in [4.78, 5) is 0. The van der Waals surface area contributed by atoms with E-state index in [0.29, 0.717) is 13.0 Å². The molecule has 8 nitrogen and oxygen atoms in total. The molecule has 2 aliphatic heterocycles. The molecule has 0 saturated carbocycles. The predicted octanol–water partition coefficient (Wildman–Crippen LogP) is -1.46. The molecule has 0 aromatic carbocycles. The fourth-order valence-electron chi connectivity index (χ4n) is 2.92. The van der Waals surface area contributed by atoms with E-state index < -0.39 is 36.9 Å². The van der Waals surface area contributed by atoms with Crippen molar-refractivity contribution in [2.45, 2.75) is 69.3 Å². The maximum absolute atomic E-state index is 10.2. The molecule has 0 aromatic rings. The maximum atomic E-state index is 10.2. The zero-order valence-corrected chi connectivity index (χ0v) is 13.3. The molecular weight excluding hydrogens is 292 g/mol. The number of methoxy groups -OCH3 is 1. The van der Waals surface area contributed by atoms with Gasteiger partial charge in [-0.25, -0.2) is 0 Å². The summed E-state index contributed by atoms with van der Waals surface area (Å²) in [7, 11) is 1.64. The molecule has 0 amide bonds. The Balaban J connectivity index is 1.93. The van der Waals surface area contributed by atoms with Crippen LogP contribution >= 0.6 is 0 Å². The summed E-state index contributed by atoms with van der Waals surface area (Å²) in [5, 5.41) is 23.4. The molecule has 8 heteroatoms. The van der Waals surface area contributed by atoms with Gasteiger partial charge < -0.3 is 40.2 Å². The molecule has 0 aromatic heterocycles. The second-order valence-corrected chi connectivity index (χ2v) is 5.84. The second-order valence-electron chi connectivity index (χ2n) is 5.84. The minimum Gasteiger partial charge on any atom is -0.388 e. The number of ether oxygens (including phenoxy) is 4. The molecule has 2 fully saturated rings. The lowest BCUT2D eigenvalue weighted by Crippen LogP contribution is -2.62. The Kier molecular flexibility index (Phi) is 6.54. The first-order valence-electron chi connectivity index (χ1n) is 7.78. The summed E-state index contributed by atoms with van der Waals surface area (Å²) in [5.41, 5.74) is 5.85. The smallest absolute Gasteiger partial charge is 0.184 e. The van der Waals surface area contributed by atoms with Gasteiger partial charge in [-0.2, -0.15) is 0 Å². The van der Waals surface area contributed by atoms with E-state index in [0.717, 1.165) is 6.54 Å². The van der Waals surface area contributed by atoms with Crippen molar-refractivity contribution in [1.82, 2.24) is 5.32 Å². The van der Waals surface area contributed by atoms with Crippen LogP contribution < -0.4 is 11.1 Å². The van der Waals surface area contributed by atoms with E-state index >= 15 is 0 Å². The summed E-state index contributed by atoms with van der Waals surface area (Å²) >= 11 is 0. The van der Waals surface area contributed by atoms with Gasteiger partial charge in [-0.05, 0) is 13.5 Å². The Morgan fingerprint density at radius 1 is 1.36 bits per heavy atom. The number of nitrogens with one attached hydrogen (secondary N) is 1. The van der Waals surface area contributed by atoms with E-state index in [9.17, 15) is 10.2 Å². The van der Waals surface area contributed by atoms with Crippen molar-refractivity contribution in [3.05, 3.63) is 0 Å². The normalized spacial score (nSPS) is 46.6. The fraction of sp³-hybridized carbons (Fsp3) is 1.00. The molecule has 2 rings (SSSR count). The third kappa shape index (κ3) is 3.95. The van der Waals surface area contributed by atoms with Gasteiger partial charge in [0, 0.05) is 13.5 Å². The standard InChI is InChI=1S/C14H28N2O6/c1-4-16-8-6-20-10(5-9(8)19-3)22-13-12(17)11(15)7(2)21-14(13)18/h7-14,16-18H,4-6,15H2,1-3H3/t7-,8+,9+,10+,11-,12+,13-,14-/m1/s1. The number of rotatable bonds is 5. The quantitative estimate of drug-likeness (QED) is 0.486. The van der Waals surface area contributed by atoms with E-state index in [4.69, 9.17) is 24.7 Å². The number of aliphatic hydroxyl groups excluding tert-OH is 2. The van der Waals surface area contributed by atoms with Gasteiger partial charge in [0.05, 0.1) is 30.9 Å². The molecule has 5 N–H and O–H groups in total. The average Bonchev–Trinajstić information content (AvgIpc) is 2.51. The summed E-state index contributed by atoms with van der Waals surface area (Å²) in [6.07, 6.45) is -3.79. The van der Waals surface area contributed by atoms with E-state index in [1.165, 1.54) is 0 Å². The minimum atomic E-state index is -1.24. The van der Waals surface area contributed by atoms with Crippen molar-refractivity contribution in [2.75, 3.05) is 20.3 Å². The number of hydrogen-bond acceptors (Lipinski definition) is 8. The van der Waals surface area contributed by atoms with Crippen LogP contribution in [-0.2, 0) is 18.9 Å². The van der Waals surface area contributed by atoms with E-state index in [2.05, 4.69) is 5.32 Å². The SMILES string of the molecule is CCN[C@H]1CO[C@@H](O[C@@H]2[C@@H](O)[C@H](N)[C@@H](C)O[C@H]2O)C[C@@H]1OC. The zero-order valence-electron chi connectivity index (χ0n) is 13.3. The van der Waals surface area contributed by atoms with E-state index in [-0.39, 0.29) is 12.1 Å². The molecule has 0 aliphatic carbocycles. The molecule has 0 spiro atoms. The first kappa shape index (κ1) is 18.0. The Bertz CT molecular complexity index is 347. The summed E-state index contributed by atoms with van der Waals surface area (Å²) in [6, 6.07) is -0.528. The van der Waals surface area contributed by atoms with Gasteiger partial charge in [0.15, 0.2) is 12.6 Å². The largest absolute Gasteiger partial charge is 0.388 e. The topological polar surface area (TPSA) is 115 Å². The highest BCUT2D eigenvalue weighted by atomic mass is 16.7. The van der Waals surface area contributed by atoms with Crippen molar-refractivity contribution in [3.63, 3.8) is 0 Å². The van der Waals surface area contributed by atoms with Gasteiger partial charge in [0.25, 0.3) is 0 Å². The first-order chi connectivity index (χ1) is 10.5. The third-order valence-corrected chi connectivity index (χ3v) is 4.32. The van der Waals surface area contributed by atoms with Crippen LogP contribution in [0.5, 0.6) is 0 Å². The summed E-state index contributed by atoms with van der Waals surface area (Å²) in [5.74, 6) is 0. The van der Waals surface area contributed by atoms with Crippen molar-refractivity contribution in [2.24, 2.45) is 5.73 Å². The molecular formula is C14H28N2O6. The number of likely N-dealkylation sites (N-methyl/N-ethyl adjacent to an activating group) is 1. The molecule has 0 bridgehead atoms. The van der Waals surface area contributed by atoms with Gasteiger partial charge >= 0.3 is 0 Å². The average molecular weight is 320 g/mol. The molecule has 2 saturated heterocycles. The van der Waals surface area contributed by atoms with Gasteiger partial charge in [-0.1, -0.05) is 6.92 Å². The van der Waals surface area contributed by atoms with Gasteiger partial charge in [-0.3, -0.25) is 0 Å². The molecule has 130 valence electrons. The highest BCUT2D eigenvalue weighted by Crippen LogP contribution is 2.26. The lowest BCUT2D eigenvalue weighted by Gasteiger charge is -2.43. The van der Waals surface area contributed by atoms with Crippen molar-refractivity contribution < 1.29 is 29.2 Å². The van der Waals surface area contributed by atoms with Crippen LogP contribution in [0, 0.1) is 0 Å². The zero-order chi connectivity index (χ0) is 16.3. The molecule has 8 atom stereocenters. The summed E-state index contributed by atoms with van der Waals surface area (Å²) < 4.78 is 22.1. The van der Waals surface area contributed by atoms with Gasteiger partial charge in [0.1, 0.15) is 12.2 Å². The van der Waals surface area contributed by atoms with Crippen LogP contribution in [0.2, 0.25) is 0 Å². The van der Waals surface area contributed by atoms with Crippen molar-refractivity contribution in [1.29, 1.82) is 0 Å². The number of nitrogens with two attached hydrogens (primary N) is 1. The second kappa shape index (κ2) is 7.98. The van der Waals surface area contributed by atoms with Crippen LogP contribution in [0.25, 0.3) is 0 Å². The molecule has 0 radical (unpaired) electrons. The highest BCUT2D eigenvalue weighted by molar-refractivity contribution is 4.91. The van der Waals surface area contributed by atoms with E-state index in [1.54, 1.807) is 14.0 Å². The predicted molar refractivity (Wildman–Crippen MR) is 78.0 cm³/mol. The highest BCUT2D eigenvalue weighted by Gasteiger charge is 2.44. The molecule has 22 heavy (non-hydrogen) atoms. The minimum absolute atomic E-state index is 0.0647. The lowest BCUT2D eigenvalue weighted by molar-refractivity contribution is -0.310. The third-order valence-electron chi connectivity index (χ3n) is 4.32. The fourth-order valence-corrected chi connectivity index (χ4v) is 2.92. The van der Waals surface area contributed by atoms with Crippen LogP contribution in [0.4, 0.5) is 0 Å². The lowest BCUT2D eigenvalue weighted by atomic mass is 9.97. The van der Waals surface area contributed by atoms with E-state index in [1.807, 2.05) is 6.92 Å². The van der Waals surface area contributed by atoms with Crippen LogP contribution in [0.1, 0.15) is 20.3 Å². The van der Waals surface area contributed by atoms with Gasteiger partial charge in [0.2, 0.25) is 0 Å². The monoisotopic (exact) mass is 320 g/mol. The molecule has 2 aliphatic rings. The van der Waals surface area contributed by atoms with Crippen LogP contribution in [0.3, 0.4) is 0 Å². The Labute approximate surface area is 130 Å². The van der Waals surface area contributed by atoms with Crippen molar-refractivity contribution in [3.8, 4) is 0 Å². The van der Waals surface area contributed by atoms with Crippen molar-refractivity contribution >= 4 is 0 Å². The Morgan fingerprint density at radius 3 is 2.73 bits per heavy atom. The Hall–Kier alpha value is -0.320. The van der Waals surface area contributed by atoms with Crippen LogP contribution in [0.15, 0.2) is 0 Å². The molecule has 2 heterocycles. The van der Waals surface area contributed by atoms with Crippen LogP contribution in [-0.4, -0.2) is 79.6 Å². The molecule has 0 unspecified atom stereocenters. The number of hydrogen-bond donors (Lipinski definition) is 4. The number of aliphatic hydroxyl groups is 2. The summed E-state index contributed by atoms with van der Waals surface area (Å²) in [6.45, 7) is 4.97. The van der Waals surface area contributed by atoms with Gasteiger partial charge in [-0.15, -0.1) is 0 Å².